The number of amides is 1. The molecule has 1 amide bonds. The molecule has 0 aliphatic heterocycles. The predicted molar refractivity (Wildman–Crippen MR) is 105 cm³/mol. The first kappa shape index (κ1) is 16.9. The zero-order valence-corrected chi connectivity index (χ0v) is 15.1. The Kier molecular flexibility index (Phi) is 4.16. The van der Waals surface area contributed by atoms with E-state index in [1.165, 1.54) is 4.68 Å². The predicted octanol–water partition coefficient (Wildman–Crippen LogP) is 2.75. The van der Waals surface area contributed by atoms with Gasteiger partial charge in [0.1, 0.15) is 0 Å². The van der Waals surface area contributed by atoms with Crippen molar-refractivity contribution in [3.8, 4) is 0 Å². The molecule has 2 heterocycles. The third-order valence-electron chi connectivity index (χ3n) is 4.56. The summed E-state index contributed by atoms with van der Waals surface area (Å²) in [6.07, 6.45) is 0. The van der Waals surface area contributed by atoms with E-state index in [9.17, 15) is 9.59 Å². The lowest BCUT2D eigenvalue weighted by Crippen LogP contribution is -2.31. The van der Waals surface area contributed by atoms with Crippen molar-refractivity contribution in [2.75, 3.05) is 7.05 Å². The number of para-hydroxylation sites is 1. The Morgan fingerprint density at radius 1 is 1.00 bits per heavy atom. The number of rotatable bonds is 3. The van der Waals surface area contributed by atoms with Crippen molar-refractivity contribution in [2.45, 2.75) is 6.54 Å². The summed E-state index contributed by atoms with van der Waals surface area (Å²) in [6.45, 7) is 0.350. The normalized spacial score (nSPS) is 11.0. The van der Waals surface area contributed by atoms with Crippen LogP contribution in [0.5, 0.6) is 0 Å². The van der Waals surface area contributed by atoms with Crippen LogP contribution in [0, 0.1) is 0 Å². The summed E-state index contributed by atoms with van der Waals surface area (Å²) < 4.78 is 1.21. The Balaban J connectivity index is 1.69. The van der Waals surface area contributed by atoms with Gasteiger partial charge >= 0.3 is 0 Å². The first-order valence-corrected chi connectivity index (χ1v) is 8.61. The number of hydrogen-bond donors (Lipinski definition) is 0. The number of pyridine rings is 1. The van der Waals surface area contributed by atoms with Crippen molar-refractivity contribution in [1.29, 1.82) is 0 Å². The van der Waals surface area contributed by atoms with Crippen molar-refractivity contribution in [1.82, 2.24) is 19.7 Å². The lowest BCUT2D eigenvalue weighted by atomic mass is 10.1. The van der Waals surface area contributed by atoms with Crippen LogP contribution in [0.4, 0.5) is 0 Å². The summed E-state index contributed by atoms with van der Waals surface area (Å²) in [5.74, 6) is -0.253. The van der Waals surface area contributed by atoms with Crippen LogP contribution in [0.15, 0.2) is 65.5 Å². The standard InChI is InChI=1S/C21H18N4O2/c1-24(13-15-12-11-14-7-3-6-10-18(14)22-15)21(27)19-16-8-4-5-9-17(16)20(26)25(2)23-19/h3-12H,13H2,1-2H3. The molecule has 4 rings (SSSR count). The molecular formula is C21H18N4O2. The van der Waals surface area contributed by atoms with Gasteiger partial charge in [-0.05, 0) is 18.2 Å². The smallest absolute Gasteiger partial charge is 0.275 e. The van der Waals surface area contributed by atoms with Crippen LogP contribution in [-0.4, -0.2) is 32.6 Å². The Morgan fingerprint density at radius 3 is 2.52 bits per heavy atom. The molecule has 0 fully saturated rings. The third-order valence-corrected chi connectivity index (χ3v) is 4.56. The Bertz CT molecular complexity index is 1230. The minimum Gasteiger partial charge on any atom is -0.334 e. The molecule has 2 aromatic heterocycles. The SMILES string of the molecule is CN(Cc1ccc2ccccc2n1)C(=O)c1nn(C)c(=O)c2ccccc12. The lowest BCUT2D eigenvalue weighted by Gasteiger charge is -2.18. The van der Waals surface area contributed by atoms with Crippen LogP contribution in [0.2, 0.25) is 0 Å². The number of benzene rings is 2. The average molecular weight is 358 g/mol. The van der Waals surface area contributed by atoms with E-state index in [-0.39, 0.29) is 17.2 Å². The number of aryl methyl sites for hydroxylation is 1. The summed E-state index contributed by atoms with van der Waals surface area (Å²) in [4.78, 5) is 31.4. The summed E-state index contributed by atoms with van der Waals surface area (Å²) >= 11 is 0. The van der Waals surface area contributed by atoms with Gasteiger partial charge in [-0.2, -0.15) is 5.10 Å². The number of hydrogen-bond acceptors (Lipinski definition) is 4. The molecule has 0 unspecified atom stereocenters. The van der Waals surface area contributed by atoms with E-state index >= 15 is 0 Å². The number of aromatic nitrogens is 3. The first-order valence-electron chi connectivity index (χ1n) is 8.61. The Labute approximate surface area is 155 Å². The highest BCUT2D eigenvalue weighted by atomic mass is 16.2. The third kappa shape index (κ3) is 3.06. The first-order chi connectivity index (χ1) is 13.0. The van der Waals surface area contributed by atoms with Gasteiger partial charge in [-0.3, -0.25) is 14.6 Å². The topological polar surface area (TPSA) is 68.1 Å². The quantitative estimate of drug-likeness (QED) is 0.565. The molecule has 134 valence electrons. The van der Waals surface area contributed by atoms with Crippen LogP contribution in [0.25, 0.3) is 21.7 Å². The molecule has 0 aliphatic carbocycles. The Hall–Kier alpha value is -3.54. The monoisotopic (exact) mass is 358 g/mol. The van der Waals surface area contributed by atoms with Gasteiger partial charge in [-0.15, -0.1) is 0 Å². The fraction of sp³-hybridized carbons (Fsp3) is 0.143. The molecular weight excluding hydrogens is 340 g/mol. The Morgan fingerprint density at radius 2 is 1.70 bits per heavy atom. The molecule has 0 atom stereocenters. The van der Waals surface area contributed by atoms with Crippen molar-refractivity contribution in [2.24, 2.45) is 7.05 Å². The zero-order chi connectivity index (χ0) is 19.0. The highest BCUT2D eigenvalue weighted by molar-refractivity contribution is 6.04. The molecule has 0 spiro atoms. The van der Waals surface area contributed by atoms with Crippen LogP contribution in [0.1, 0.15) is 16.2 Å². The maximum absolute atomic E-state index is 13.0. The van der Waals surface area contributed by atoms with Crippen LogP contribution < -0.4 is 5.56 Å². The summed E-state index contributed by atoms with van der Waals surface area (Å²) in [5.41, 5.74) is 1.72. The molecule has 0 aliphatic rings. The van der Waals surface area contributed by atoms with E-state index in [0.717, 1.165) is 16.6 Å². The van der Waals surface area contributed by atoms with Crippen molar-refractivity contribution in [3.05, 3.63) is 82.4 Å². The van der Waals surface area contributed by atoms with Crippen molar-refractivity contribution < 1.29 is 4.79 Å². The van der Waals surface area contributed by atoms with Crippen LogP contribution >= 0.6 is 0 Å². The van der Waals surface area contributed by atoms with E-state index in [0.29, 0.717) is 17.3 Å². The molecule has 0 radical (unpaired) electrons. The summed E-state index contributed by atoms with van der Waals surface area (Å²) in [6, 6.07) is 18.8. The van der Waals surface area contributed by atoms with Gasteiger partial charge in [0.25, 0.3) is 11.5 Å². The minimum absolute atomic E-state index is 0.221. The van der Waals surface area contributed by atoms with E-state index in [2.05, 4.69) is 10.1 Å². The van der Waals surface area contributed by atoms with E-state index in [1.807, 2.05) is 36.4 Å². The summed E-state index contributed by atoms with van der Waals surface area (Å²) in [5, 5.41) is 6.30. The van der Waals surface area contributed by atoms with Gasteiger partial charge in [0.15, 0.2) is 5.69 Å². The maximum Gasteiger partial charge on any atom is 0.275 e. The van der Waals surface area contributed by atoms with Gasteiger partial charge < -0.3 is 4.90 Å². The van der Waals surface area contributed by atoms with Crippen molar-refractivity contribution >= 4 is 27.6 Å². The van der Waals surface area contributed by atoms with Crippen LogP contribution in [-0.2, 0) is 13.6 Å². The van der Waals surface area contributed by atoms with E-state index < -0.39 is 0 Å². The van der Waals surface area contributed by atoms with Crippen molar-refractivity contribution in [3.63, 3.8) is 0 Å². The number of fused-ring (bicyclic) bond motifs is 2. The van der Waals surface area contributed by atoms with Crippen LogP contribution in [0.3, 0.4) is 0 Å². The second kappa shape index (κ2) is 6.64. The van der Waals surface area contributed by atoms with Gasteiger partial charge in [0.2, 0.25) is 0 Å². The van der Waals surface area contributed by atoms with E-state index in [4.69, 9.17) is 0 Å². The molecule has 0 saturated carbocycles. The molecule has 2 aromatic carbocycles. The van der Waals surface area contributed by atoms with Gasteiger partial charge in [-0.1, -0.05) is 42.5 Å². The fourth-order valence-corrected chi connectivity index (χ4v) is 3.15. The van der Waals surface area contributed by atoms with Gasteiger partial charge in [0.05, 0.1) is 23.1 Å². The fourth-order valence-electron chi connectivity index (χ4n) is 3.15. The molecule has 0 N–H and O–H groups in total. The lowest BCUT2D eigenvalue weighted by molar-refractivity contribution is 0.0777. The molecule has 27 heavy (non-hydrogen) atoms. The minimum atomic E-state index is -0.253. The van der Waals surface area contributed by atoms with Gasteiger partial charge in [0, 0.05) is 24.9 Å². The number of carbonyl (C=O) groups is 1. The zero-order valence-electron chi connectivity index (χ0n) is 15.1. The highest BCUT2D eigenvalue weighted by Crippen LogP contribution is 2.17. The molecule has 4 aromatic rings. The highest BCUT2D eigenvalue weighted by Gasteiger charge is 2.19. The molecule has 0 saturated heterocycles. The largest absolute Gasteiger partial charge is 0.334 e. The average Bonchev–Trinajstić information content (AvgIpc) is 2.70. The van der Waals surface area contributed by atoms with Gasteiger partial charge in [-0.25, -0.2) is 4.68 Å². The molecule has 0 bridgehead atoms. The summed E-state index contributed by atoms with van der Waals surface area (Å²) in [7, 11) is 3.26. The second-order valence-corrected chi connectivity index (χ2v) is 6.48. The molecule has 6 nitrogen and oxygen atoms in total. The maximum atomic E-state index is 13.0. The molecule has 6 heteroatoms. The van der Waals surface area contributed by atoms with E-state index in [1.54, 1.807) is 43.3 Å². The number of carbonyl (C=O) groups excluding carboxylic acids is 1. The number of nitrogens with zero attached hydrogens (tertiary/aromatic N) is 4. The second-order valence-electron chi connectivity index (χ2n) is 6.48.